The molecule has 136 valence electrons. The second kappa shape index (κ2) is 8.39. The maximum Gasteiger partial charge on any atom is 0.195 e. The summed E-state index contributed by atoms with van der Waals surface area (Å²) < 4.78 is 4.94. The lowest BCUT2D eigenvalue weighted by Crippen LogP contribution is -2.63. The fourth-order valence-electron chi connectivity index (χ4n) is 2.21. The number of hydrogen-bond acceptors (Lipinski definition) is 11. The Morgan fingerprint density at radius 2 is 1.52 bits per heavy atom. The number of Topliss-reactive ketones (excluding diaryl/α,β-unsaturated/α-hetero) is 1. The molecule has 0 aliphatic carbocycles. The molecule has 0 amide bonds. The van der Waals surface area contributed by atoms with E-state index in [0.717, 1.165) is 0 Å². The molecule has 1 saturated heterocycles. The smallest absolute Gasteiger partial charge is 0.195 e. The maximum atomic E-state index is 11.9. The van der Waals surface area contributed by atoms with Crippen LogP contribution in [0, 0.1) is 0 Å². The monoisotopic (exact) mass is 342 g/mol. The summed E-state index contributed by atoms with van der Waals surface area (Å²) in [5, 5.41) is 84.6. The van der Waals surface area contributed by atoms with Crippen molar-refractivity contribution >= 4 is 5.78 Å². The molecular formula is C12H22O11. The minimum absolute atomic E-state index is 0.781. The number of aliphatic hydroxyl groups is 9. The quantitative estimate of drug-likeness (QED) is 0.212. The highest BCUT2D eigenvalue weighted by molar-refractivity contribution is 5.88. The van der Waals surface area contributed by atoms with E-state index in [1.165, 1.54) is 0 Å². The highest BCUT2D eigenvalue weighted by Crippen LogP contribution is 2.24. The highest BCUT2D eigenvalue weighted by Gasteiger charge is 2.49. The van der Waals surface area contributed by atoms with E-state index in [2.05, 4.69) is 0 Å². The molecule has 9 N–H and O–H groups in total. The van der Waals surface area contributed by atoms with Crippen LogP contribution in [-0.2, 0) is 9.53 Å². The van der Waals surface area contributed by atoms with Crippen LogP contribution in [0.3, 0.4) is 0 Å². The Morgan fingerprint density at radius 1 is 0.957 bits per heavy atom. The average molecular weight is 342 g/mol. The second-order valence-electron chi connectivity index (χ2n) is 5.33. The summed E-state index contributed by atoms with van der Waals surface area (Å²) >= 11 is 0. The second-order valence-corrected chi connectivity index (χ2v) is 5.33. The van der Waals surface area contributed by atoms with Crippen LogP contribution >= 0.6 is 0 Å². The molecule has 1 rings (SSSR count). The zero-order valence-electron chi connectivity index (χ0n) is 12.0. The topological polar surface area (TPSA) is 208 Å². The van der Waals surface area contributed by atoms with Gasteiger partial charge in [0.15, 0.2) is 5.78 Å². The van der Waals surface area contributed by atoms with E-state index >= 15 is 0 Å². The first-order chi connectivity index (χ1) is 10.7. The maximum absolute atomic E-state index is 11.9. The van der Waals surface area contributed by atoms with Crippen molar-refractivity contribution in [2.45, 2.75) is 54.9 Å². The van der Waals surface area contributed by atoms with Gasteiger partial charge >= 0.3 is 0 Å². The summed E-state index contributed by atoms with van der Waals surface area (Å²) in [6, 6.07) is 0. The van der Waals surface area contributed by atoms with Crippen LogP contribution in [0.15, 0.2) is 0 Å². The first-order valence-electron chi connectivity index (χ1n) is 6.84. The summed E-state index contributed by atoms with van der Waals surface area (Å²) in [4.78, 5) is 11.9. The summed E-state index contributed by atoms with van der Waals surface area (Å²) in [7, 11) is 0. The molecule has 1 fully saturated rings. The SMILES string of the molecule is O=C(C(O)C1O[C@H](CO)[C@@H](O)[C@H](O)[C@H]1O)[C@H](O)[C@@H](O)[C@H](O)CO. The van der Waals surface area contributed by atoms with Crippen LogP contribution in [0.1, 0.15) is 0 Å². The molecule has 1 aliphatic rings. The van der Waals surface area contributed by atoms with Crippen molar-refractivity contribution in [1.82, 2.24) is 0 Å². The zero-order valence-corrected chi connectivity index (χ0v) is 12.0. The molecule has 11 heteroatoms. The molecule has 0 aromatic rings. The third kappa shape index (κ3) is 4.22. The van der Waals surface area contributed by atoms with Gasteiger partial charge in [-0.15, -0.1) is 0 Å². The predicted octanol–water partition coefficient (Wildman–Crippen LogP) is -6.17. The van der Waals surface area contributed by atoms with Gasteiger partial charge in [-0.2, -0.15) is 0 Å². The Bertz CT molecular complexity index is 389. The van der Waals surface area contributed by atoms with Gasteiger partial charge in [0.1, 0.15) is 54.9 Å². The van der Waals surface area contributed by atoms with Crippen LogP contribution in [-0.4, -0.2) is 120 Å². The highest BCUT2D eigenvalue weighted by atomic mass is 16.6. The third-order valence-corrected chi connectivity index (χ3v) is 3.73. The summed E-state index contributed by atoms with van der Waals surface area (Å²) in [5.74, 6) is -1.45. The van der Waals surface area contributed by atoms with Crippen molar-refractivity contribution in [2.24, 2.45) is 0 Å². The van der Waals surface area contributed by atoms with E-state index < -0.39 is 73.9 Å². The molecule has 0 aromatic carbocycles. The van der Waals surface area contributed by atoms with Crippen molar-refractivity contribution in [2.75, 3.05) is 13.2 Å². The van der Waals surface area contributed by atoms with E-state index in [-0.39, 0.29) is 0 Å². The van der Waals surface area contributed by atoms with Crippen LogP contribution in [0.4, 0.5) is 0 Å². The van der Waals surface area contributed by atoms with Gasteiger partial charge in [-0.3, -0.25) is 4.79 Å². The number of ether oxygens (including phenoxy) is 1. The molecule has 9 atom stereocenters. The largest absolute Gasteiger partial charge is 0.394 e. The Labute approximate surface area is 130 Å². The molecule has 11 nitrogen and oxygen atoms in total. The fraction of sp³-hybridized carbons (Fsp3) is 0.917. The molecule has 0 saturated carbocycles. The average Bonchev–Trinajstić information content (AvgIpc) is 2.56. The Kier molecular flexibility index (Phi) is 7.41. The lowest BCUT2D eigenvalue weighted by Gasteiger charge is -2.41. The Hall–Kier alpha value is -0.730. The van der Waals surface area contributed by atoms with E-state index in [1.807, 2.05) is 0 Å². The molecule has 0 radical (unpaired) electrons. The lowest BCUT2D eigenvalue weighted by molar-refractivity contribution is -0.248. The van der Waals surface area contributed by atoms with Gasteiger partial charge in [-0.1, -0.05) is 0 Å². The predicted molar refractivity (Wildman–Crippen MR) is 69.9 cm³/mol. The van der Waals surface area contributed by atoms with E-state index in [4.69, 9.17) is 20.1 Å². The number of hydrogen-bond donors (Lipinski definition) is 9. The summed E-state index contributed by atoms with van der Waals surface area (Å²) in [5.41, 5.74) is 0. The Balaban J connectivity index is 2.85. The number of aliphatic hydroxyl groups excluding tert-OH is 9. The molecule has 1 heterocycles. The van der Waals surface area contributed by atoms with Crippen LogP contribution in [0.2, 0.25) is 0 Å². The first-order valence-corrected chi connectivity index (χ1v) is 6.84. The molecule has 23 heavy (non-hydrogen) atoms. The van der Waals surface area contributed by atoms with E-state index in [9.17, 15) is 35.4 Å². The first kappa shape index (κ1) is 20.3. The minimum atomic E-state index is -2.31. The summed E-state index contributed by atoms with van der Waals surface area (Å²) in [6.07, 6.45) is -17.1. The van der Waals surface area contributed by atoms with Crippen molar-refractivity contribution < 1.29 is 55.5 Å². The number of carbonyl (C=O) groups is 1. The van der Waals surface area contributed by atoms with Crippen molar-refractivity contribution in [1.29, 1.82) is 0 Å². The van der Waals surface area contributed by atoms with Crippen molar-refractivity contribution in [3.63, 3.8) is 0 Å². The van der Waals surface area contributed by atoms with Crippen molar-refractivity contribution in [3.05, 3.63) is 0 Å². The van der Waals surface area contributed by atoms with E-state index in [1.54, 1.807) is 0 Å². The molecule has 0 aromatic heterocycles. The minimum Gasteiger partial charge on any atom is -0.394 e. The van der Waals surface area contributed by atoms with Gasteiger partial charge in [0.25, 0.3) is 0 Å². The molecule has 0 spiro atoms. The van der Waals surface area contributed by atoms with Crippen molar-refractivity contribution in [3.8, 4) is 0 Å². The van der Waals surface area contributed by atoms with E-state index in [0.29, 0.717) is 0 Å². The number of carbonyl (C=O) groups excluding carboxylic acids is 1. The van der Waals surface area contributed by atoms with Gasteiger partial charge < -0.3 is 50.7 Å². The normalized spacial score (nSPS) is 37.0. The fourth-order valence-corrected chi connectivity index (χ4v) is 2.21. The van der Waals surface area contributed by atoms with Gasteiger partial charge in [0, 0.05) is 0 Å². The van der Waals surface area contributed by atoms with Gasteiger partial charge in [0.05, 0.1) is 13.2 Å². The Morgan fingerprint density at radius 3 is 2.00 bits per heavy atom. The van der Waals surface area contributed by atoms with Crippen LogP contribution in [0.5, 0.6) is 0 Å². The molecule has 2 unspecified atom stereocenters. The van der Waals surface area contributed by atoms with Crippen LogP contribution < -0.4 is 0 Å². The molecular weight excluding hydrogens is 320 g/mol. The summed E-state index contributed by atoms with van der Waals surface area (Å²) in [6.45, 7) is -1.74. The molecule has 0 bridgehead atoms. The standard InChI is InChI=1S/C12H22O11/c13-1-3(15)5(16)7(18)9(20)11(22)12-10(21)8(19)6(17)4(2-14)23-12/h3-8,10-19,21-22H,1-2H2/t3-,4-,5+,6-,7-,8+,10-,11?,12?/m1/s1. The van der Waals surface area contributed by atoms with Gasteiger partial charge in [-0.25, -0.2) is 0 Å². The third-order valence-electron chi connectivity index (χ3n) is 3.73. The zero-order chi connectivity index (χ0) is 17.9. The number of rotatable bonds is 7. The number of ketones is 1. The van der Waals surface area contributed by atoms with Gasteiger partial charge in [-0.05, 0) is 0 Å². The van der Waals surface area contributed by atoms with Gasteiger partial charge in [0.2, 0.25) is 0 Å². The lowest BCUT2D eigenvalue weighted by atomic mass is 9.89. The van der Waals surface area contributed by atoms with Crippen LogP contribution in [0.25, 0.3) is 0 Å². The molecule has 1 aliphatic heterocycles.